The molecule has 2 rings (SSSR count). The molecule has 0 aliphatic rings. The number of nitrogens with zero attached hydrogens (tertiary/aromatic N) is 4. The van der Waals surface area contributed by atoms with Gasteiger partial charge < -0.3 is 4.90 Å². The summed E-state index contributed by atoms with van der Waals surface area (Å²) < 4.78 is 2.16. The summed E-state index contributed by atoms with van der Waals surface area (Å²) in [6, 6.07) is 8.15. The highest BCUT2D eigenvalue weighted by atomic mass is 32.1. The smallest absolute Gasteiger partial charge is 0.216 e. The molecule has 0 aliphatic carbocycles. The molecule has 0 atom stereocenters. The first-order chi connectivity index (χ1) is 9.11. The summed E-state index contributed by atoms with van der Waals surface area (Å²) in [4.78, 5) is 2.06. The van der Waals surface area contributed by atoms with Crippen molar-refractivity contribution in [1.29, 1.82) is 0 Å². The van der Waals surface area contributed by atoms with Crippen LogP contribution < -0.4 is 4.90 Å². The minimum Gasteiger partial charge on any atom is -0.378 e. The predicted octanol–water partition coefficient (Wildman–Crippen LogP) is 2.45. The fourth-order valence-electron chi connectivity index (χ4n) is 1.66. The van der Waals surface area contributed by atoms with E-state index in [4.69, 9.17) is 12.2 Å². The minimum absolute atomic E-state index is 0.512. The molecule has 6 heteroatoms. The van der Waals surface area contributed by atoms with Crippen LogP contribution in [0.5, 0.6) is 0 Å². The highest BCUT2D eigenvalue weighted by molar-refractivity contribution is 7.71. The van der Waals surface area contributed by atoms with E-state index in [1.165, 1.54) is 0 Å². The Morgan fingerprint density at radius 1 is 1.37 bits per heavy atom. The molecule has 0 spiro atoms. The van der Waals surface area contributed by atoms with Crippen LogP contribution in [-0.2, 0) is 6.42 Å². The maximum atomic E-state index is 5.13. The molecule has 0 saturated heterocycles. The van der Waals surface area contributed by atoms with Crippen molar-refractivity contribution in [3.05, 3.63) is 40.4 Å². The Hall–Kier alpha value is -1.95. The number of H-pyrrole nitrogens is 1. The zero-order valence-electron chi connectivity index (χ0n) is 11.3. The third kappa shape index (κ3) is 3.08. The number of anilines is 1. The lowest BCUT2D eigenvalue weighted by atomic mass is 10.2. The van der Waals surface area contributed by atoms with E-state index < -0.39 is 0 Å². The number of aryl methyl sites for hydroxylation is 1. The van der Waals surface area contributed by atoms with Crippen molar-refractivity contribution >= 4 is 24.1 Å². The standard InChI is InChI=1S/C13H17N5S/c1-4-12-15-16-13(19)18(12)14-9-10-5-7-11(8-6-10)17(2)3/h5-9H,4H2,1-3H3,(H,16,19)/b14-9+. The molecule has 0 radical (unpaired) electrons. The van der Waals surface area contributed by atoms with Crippen molar-refractivity contribution in [2.45, 2.75) is 13.3 Å². The zero-order chi connectivity index (χ0) is 13.8. The van der Waals surface area contributed by atoms with E-state index in [9.17, 15) is 0 Å². The molecule has 0 fully saturated rings. The molecule has 5 nitrogen and oxygen atoms in total. The monoisotopic (exact) mass is 275 g/mol. The third-order valence-corrected chi connectivity index (χ3v) is 3.03. The number of aromatic amines is 1. The Bertz CT molecular complexity index is 621. The molecule has 0 saturated carbocycles. The van der Waals surface area contributed by atoms with Gasteiger partial charge in [0.15, 0.2) is 5.82 Å². The molecule has 0 bridgehead atoms. The quantitative estimate of drug-likeness (QED) is 0.689. The van der Waals surface area contributed by atoms with Gasteiger partial charge in [-0.05, 0) is 29.9 Å². The van der Waals surface area contributed by atoms with Crippen LogP contribution in [0.2, 0.25) is 0 Å². The summed E-state index contributed by atoms with van der Waals surface area (Å²) in [5.74, 6) is 0.825. The molecule has 2 aromatic rings. The highest BCUT2D eigenvalue weighted by Gasteiger charge is 2.01. The molecular formula is C13H17N5S. The first-order valence-electron chi connectivity index (χ1n) is 6.10. The molecule has 0 aliphatic heterocycles. The normalized spacial score (nSPS) is 11.1. The van der Waals surface area contributed by atoms with Crippen molar-refractivity contribution in [2.24, 2.45) is 5.10 Å². The predicted molar refractivity (Wildman–Crippen MR) is 80.6 cm³/mol. The van der Waals surface area contributed by atoms with Crippen molar-refractivity contribution < 1.29 is 0 Å². The van der Waals surface area contributed by atoms with Gasteiger partial charge >= 0.3 is 0 Å². The molecule has 1 N–H and O–H groups in total. The summed E-state index contributed by atoms with van der Waals surface area (Å²) in [5.41, 5.74) is 2.18. The van der Waals surface area contributed by atoms with Gasteiger partial charge in [-0.1, -0.05) is 19.1 Å². The molecule has 19 heavy (non-hydrogen) atoms. The number of hydrogen-bond donors (Lipinski definition) is 1. The van der Waals surface area contributed by atoms with Crippen LogP contribution in [0.4, 0.5) is 5.69 Å². The molecular weight excluding hydrogens is 258 g/mol. The Balaban J connectivity index is 2.22. The van der Waals surface area contributed by atoms with Crippen molar-refractivity contribution in [2.75, 3.05) is 19.0 Å². The second-order valence-corrected chi connectivity index (χ2v) is 4.73. The second-order valence-electron chi connectivity index (χ2n) is 4.34. The average Bonchev–Trinajstić information content (AvgIpc) is 2.77. The van der Waals surface area contributed by atoms with Gasteiger partial charge in [0.05, 0.1) is 6.21 Å². The van der Waals surface area contributed by atoms with Gasteiger partial charge in [-0.3, -0.25) is 5.10 Å². The van der Waals surface area contributed by atoms with Gasteiger partial charge in [0.25, 0.3) is 0 Å². The number of hydrogen-bond acceptors (Lipinski definition) is 4. The van der Waals surface area contributed by atoms with E-state index in [2.05, 4.69) is 32.3 Å². The maximum absolute atomic E-state index is 5.13. The second kappa shape index (κ2) is 5.79. The molecule has 0 unspecified atom stereocenters. The average molecular weight is 275 g/mol. The van der Waals surface area contributed by atoms with Crippen LogP contribution in [0.3, 0.4) is 0 Å². The lowest BCUT2D eigenvalue weighted by molar-refractivity contribution is 0.780. The summed E-state index contributed by atoms with van der Waals surface area (Å²) in [5, 5.41) is 11.2. The number of benzene rings is 1. The van der Waals surface area contributed by atoms with Crippen LogP contribution in [0.25, 0.3) is 0 Å². The van der Waals surface area contributed by atoms with E-state index in [1.54, 1.807) is 10.9 Å². The molecule has 1 heterocycles. The van der Waals surface area contributed by atoms with Gasteiger partial charge in [0.1, 0.15) is 0 Å². The molecule has 100 valence electrons. The van der Waals surface area contributed by atoms with Crippen molar-refractivity contribution in [3.8, 4) is 0 Å². The first kappa shape index (κ1) is 13.5. The highest BCUT2D eigenvalue weighted by Crippen LogP contribution is 2.11. The van der Waals surface area contributed by atoms with E-state index in [0.29, 0.717) is 4.77 Å². The van der Waals surface area contributed by atoms with E-state index >= 15 is 0 Å². The Kier molecular flexibility index (Phi) is 4.11. The fourth-order valence-corrected chi connectivity index (χ4v) is 1.85. The van der Waals surface area contributed by atoms with E-state index in [1.807, 2.05) is 33.2 Å². The van der Waals surface area contributed by atoms with Gasteiger partial charge in [-0.25, -0.2) is 0 Å². The topological polar surface area (TPSA) is 49.2 Å². The van der Waals surface area contributed by atoms with Gasteiger partial charge in [0, 0.05) is 26.2 Å². The largest absolute Gasteiger partial charge is 0.378 e. The zero-order valence-corrected chi connectivity index (χ0v) is 12.1. The number of nitrogens with one attached hydrogen (secondary N) is 1. The van der Waals surface area contributed by atoms with Crippen LogP contribution in [0.1, 0.15) is 18.3 Å². The number of rotatable bonds is 4. The van der Waals surface area contributed by atoms with Gasteiger partial charge in [-0.15, -0.1) is 0 Å². The fraction of sp³-hybridized carbons (Fsp3) is 0.308. The summed E-state index contributed by atoms with van der Waals surface area (Å²) in [7, 11) is 4.03. The minimum atomic E-state index is 0.512. The molecule has 1 aromatic heterocycles. The first-order valence-corrected chi connectivity index (χ1v) is 6.50. The van der Waals surface area contributed by atoms with Crippen LogP contribution >= 0.6 is 12.2 Å². The lowest BCUT2D eigenvalue weighted by Gasteiger charge is -2.11. The van der Waals surface area contributed by atoms with Gasteiger partial charge in [-0.2, -0.15) is 14.9 Å². The van der Waals surface area contributed by atoms with E-state index in [0.717, 1.165) is 23.5 Å². The lowest BCUT2D eigenvalue weighted by Crippen LogP contribution is -2.08. The molecule has 0 amide bonds. The Morgan fingerprint density at radius 3 is 2.63 bits per heavy atom. The van der Waals surface area contributed by atoms with Gasteiger partial charge in [0.2, 0.25) is 4.77 Å². The SMILES string of the molecule is CCc1n[nH]c(=S)n1/N=C/c1ccc(N(C)C)cc1. The Labute approximate surface area is 117 Å². The number of aromatic nitrogens is 3. The Morgan fingerprint density at radius 2 is 2.05 bits per heavy atom. The maximum Gasteiger partial charge on any atom is 0.216 e. The van der Waals surface area contributed by atoms with E-state index in [-0.39, 0.29) is 0 Å². The van der Waals surface area contributed by atoms with Crippen molar-refractivity contribution in [3.63, 3.8) is 0 Å². The van der Waals surface area contributed by atoms with Crippen molar-refractivity contribution in [1.82, 2.24) is 14.9 Å². The summed E-state index contributed by atoms with van der Waals surface area (Å²) >= 11 is 5.13. The molecule has 1 aromatic carbocycles. The van der Waals surface area contributed by atoms with Crippen LogP contribution in [0, 0.1) is 4.77 Å². The third-order valence-electron chi connectivity index (χ3n) is 2.77. The van der Waals surface area contributed by atoms with Crippen LogP contribution in [0.15, 0.2) is 29.4 Å². The van der Waals surface area contributed by atoms with Crippen LogP contribution in [-0.4, -0.2) is 35.2 Å². The summed E-state index contributed by atoms with van der Waals surface area (Å²) in [6.45, 7) is 2.02. The summed E-state index contributed by atoms with van der Waals surface area (Å²) in [6.07, 6.45) is 2.56.